The summed E-state index contributed by atoms with van der Waals surface area (Å²) in [5.41, 5.74) is 0.621. The highest BCUT2D eigenvalue weighted by molar-refractivity contribution is 6.02. The van der Waals surface area contributed by atoms with Gasteiger partial charge in [-0.1, -0.05) is 6.07 Å². The van der Waals surface area contributed by atoms with E-state index in [1.807, 2.05) is 0 Å². The standard InChI is InChI=1S/C11H11N3O3/c15-9-6-14(7-10(16)13-9)11(17)5-8-3-1-2-4-12-8/h1-4H,5-7H2,(H,13,15,16). The van der Waals surface area contributed by atoms with Crippen molar-refractivity contribution in [3.63, 3.8) is 0 Å². The molecule has 0 spiro atoms. The minimum absolute atomic E-state index is 0.0720. The predicted molar refractivity (Wildman–Crippen MR) is 57.7 cm³/mol. The lowest BCUT2D eigenvalue weighted by Gasteiger charge is -2.25. The Kier molecular flexibility index (Phi) is 3.13. The fraction of sp³-hybridized carbons (Fsp3) is 0.273. The molecule has 88 valence electrons. The van der Waals surface area contributed by atoms with E-state index in [1.165, 1.54) is 4.90 Å². The average Bonchev–Trinajstić information content (AvgIpc) is 2.29. The van der Waals surface area contributed by atoms with E-state index in [9.17, 15) is 14.4 Å². The molecule has 0 aromatic carbocycles. The Hall–Kier alpha value is -2.24. The van der Waals surface area contributed by atoms with Crippen molar-refractivity contribution in [1.29, 1.82) is 0 Å². The molecule has 0 bridgehead atoms. The number of nitrogens with one attached hydrogen (secondary N) is 1. The molecule has 0 saturated carbocycles. The SMILES string of the molecule is O=C1CN(C(=O)Cc2ccccn2)CC(=O)N1. The van der Waals surface area contributed by atoms with Gasteiger partial charge in [0.1, 0.15) is 13.1 Å². The lowest BCUT2D eigenvalue weighted by atomic mass is 10.2. The normalized spacial score (nSPS) is 15.6. The number of carbonyl (C=O) groups excluding carboxylic acids is 3. The van der Waals surface area contributed by atoms with E-state index in [-0.39, 0.29) is 25.4 Å². The molecule has 2 heterocycles. The van der Waals surface area contributed by atoms with Crippen LogP contribution < -0.4 is 5.32 Å². The molecule has 0 atom stereocenters. The van der Waals surface area contributed by atoms with Gasteiger partial charge in [-0.05, 0) is 12.1 Å². The van der Waals surface area contributed by atoms with Crippen molar-refractivity contribution in [1.82, 2.24) is 15.2 Å². The van der Waals surface area contributed by atoms with Gasteiger partial charge in [-0.15, -0.1) is 0 Å². The van der Waals surface area contributed by atoms with Gasteiger partial charge in [-0.2, -0.15) is 0 Å². The first-order valence-corrected chi connectivity index (χ1v) is 5.15. The topological polar surface area (TPSA) is 79.4 Å². The average molecular weight is 233 g/mol. The first-order chi connectivity index (χ1) is 8.15. The zero-order valence-electron chi connectivity index (χ0n) is 9.05. The Morgan fingerprint density at radius 2 is 2.00 bits per heavy atom. The first kappa shape index (κ1) is 11.3. The van der Waals surface area contributed by atoms with Gasteiger partial charge in [0.2, 0.25) is 17.7 Å². The highest BCUT2D eigenvalue weighted by atomic mass is 16.2. The molecule has 1 aromatic heterocycles. The van der Waals surface area contributed by atoms with Crippen molar-refractivity contribution in [3.8, 4) is 0 Å². The Bertz CT molecular complexity index is 442. The summed E-state index contributed by atoms with van der Waals surface area (Å²) < 4.78 is 0. The van der Waals surface area contributed by atoms with Gasteiger partial charge in [-0.3, -0.25) is 24.7 Å². The van der Waals surface area contributed by atoms with E-state index in [0.717, 1.165) is 0 Å². The number of rotatable bonds is 2. The van der Waals surface area contributed by atoms with Crippen LogP contribution in [0.3, 0.4) is 0 Å². The second-order valence-electron chi connectivity index (χ2n) is 3.72. The van der Waals surface area contributed by atoms with Crippen LogP contribution in [0.15, 0.2) is 24.4 Å². The van der Waals surface area contributed by atoms with Crippen LogP contribution in [0, 0.1) is 0 Å². The van der Waals surface area contributed by atoms with Gasteiger partial charge < -0.3 is 4.90 Å². The van der Waals surface area contributed by atoms with Crippen molar-refractivity contribution in [2.45, 2.75) is 6.42 Å². The fourth-order valence-corrected chi connectivity index (χ4v) is 1.58. The van der Waals surface area contributed by atoms with Crippen molar-refractivity contribution < 1.29 is 14.4 Å². The largest absolute Gasteiger partial charge is 0.324 e. The van der Waals surface area contributed by atoms with Gasteiger partial charge in [-0.25, -0.2) is 0 Å². The molecule has 6 heteroatoms. The number of hydrogen-bond acceptors (Lipinski definition) is 4. The maximum absolute atomic E-state index is 11.8. The third kappa shape index (κ3) is 2.87. The zero-order chi connectivity index (χ0) is 12.3. The lowest BCUT2D eigenvalue weighted by Crippen LogP contribution is -2.53. The van der Waals surface area contributed by atoms with Crippen LogP contribution in [-0.2, 0) is 20.8 Å². The predicted octanol–water partition coefficient (Wildman–Crippen LogP) is -0.891. The van der Waals surface area contributed by atoms with Crippen LogP contribution in [0.5, 0.6) is 0 Å². The summed E-state index contributed by atoms with van der Waals surface area (Å²) in [5, 5.41) is 2.14. The van der Waals surface area contributed by atoms with Crippen LogP contribution >= 0.6 is 0 Å². The number of piperazine rings is 1. The van der Waals surface area contributed by atoms with Crippen molar-refractivity contribution >= 4 is 17.7 Å². The molecule has 1 saturated heterocycles. The van der Waals surface area contributed by atoms with E-state index >= 15 is 0 Å². The summed E-state index contributed by atoms with van der Waals surface area (Å²) in [6, 6.07) is 5.26. The highest BCUT2D eigenvalue weighted by Gasteiger charge is 2.26. The van der Waals surface area contributed by atoms with Gasteiger partial charge in [0, 0.05) is 11.9 Å². The van der Waals surface area contributed by atoms with Crippen LogP contribution in [0.4, 0.5) is 0 Å². The molecule has 1 N–H and O–H groups in total. The van der Waals surface area contributed by atoms with E-state index in [1.54, 1.807) is 24.4 Å². The molecule has 3 amide bonds. The molecule has 6 nitrogen and oxygen atoms in total. The fourth-order valence-electron chi connectivity index (χ4n) is 1.58. The van der Waals surface area contributed by atoms with Gasteiger partial charge in [0.15, 0.2) is 0 Å². The van der Waals surface area contributed by atoms with Crippen LogP contribution in [0.25, 0.3) is 0 Å². The molecule has 1 aromatic rings. The number of amides is 3. The number of aromatic nitrogens is 1. The molecule has 0 unspecified atom stereocenters. The molecular weight excluding hydrogens is 222 g/mol. The number of imide groups is 1. The third-order valence-corrected chi connectivity index (χ3v) is 2.36. The van der Waals surface area contributed by atoms with E-state index in [0.29, 0.717) is 5.69 Å². The monoisotopic (exact) mass is 233 g/mol. The van der Waals surface area contributed by atoms with Crippen LogP contribution in [0.2, 0.25) is 0 Å². The Morgan fingerprint density at radius 1 is 1.29 bits per heavy atom. The summed E-state index contributed by atoms with van der Waals surface area (Å²) in [6.07, 6.45) is 1.69. The highest BCUT2D eigenvalue weighted by Crippen LogP contribution is 2.02. The Labute approximate surface area is 97.6 Å². The van der Waals surface area contributed by atoms with Crippen molar-refractivity contribution in [3.05, 3.63) is 30.1 Å². The Balaban J connectivity index is 2.00. The third-order valence-electron chi connectivity index (χ3n) is 2.36. The number of hydrogen-bond donors (Lipinski definition) is 1. The maximum atomic E-state index is 11.8. The van der Waals surface area contributed by atoms with Crippen LogP contribution in [-0.4, -0.2) is 40.7 Å². The van der Waals surface area contributed by atoms with Gasteiger partial charge in [0.05, 0.1) is 6.42 Å². The molecule has 1 aliphatic heterocycles. The quantitative estimate of drug-likeness (QED) is 0.672. The van der Waals surface area contributed by atoms with Crippen LogP contribution in [0.1, 0.15) is 5.69 Å². The smallest absolute Gasteiger partial charge is 0.246 e. The summed E-state index contributed by atoms with van der Waals surface area (Å²) in [5.74, 6) is -1.17. The molecule has 17 heavy (non-hydrogen) atoms. The first-order valence-electron chi connectivity index (χ1n) is 5.15. The Morgan fingerprint density at radius 3 is 2.59 bits per heavy atom. The second kappa shape index (κ2) is 4.73. The summed E-state index contributed by atoms with van der Waals surface area (Å²) >= 11 is 0. The van der Waals surface area contributed by atoms with E-state index in [2.05, 4.69) is 10.3 Å². The lowest BCUT2D eigenvalue weighted by molar-refractivity contribution is -0.145. The van der Waals surface area contributed by atoms with Gasteiger partial charge in [0.25, 0.3) is 0 Å². The molecule has 1 aliphatic rings. The molecule has 1 fully saturated rings. The summed E-state index contributed by atoms with van der Waals surface area (Å²) in [4.78, 5) is 39.3. The summed E-state index contributed by atoms with van der Waals surface area (Å²) in [7, 11) is 0. The zero-order valence-corrected chi connectivity index (χ0v) is 9.05. The molecule has 0 radical (unpaired) electrons. The maximum Gasteiger partial charge on any atom is 0.246 e. The minimum atomic E-state index is -0.448. The summed E-state index contributed by atoms with van der Waals surface area (Å²) in [6.45, 7) is -0.144. The molecule has 2 rings (SSSR count). The number of carbonyl (C=O) groups is 3. The van der Waals surface area contributed by atoms with E-state index in [4.69, 9.17) is 0 Å². The minimum Gasteiger partial charge on any atom is -0.324 e. The molecule has 0 aliphatic carbocycles. The number of nitrogens with zero attached hydrogens (tertiary/aromatic N) is 2. The number of pyridine rings is 1. The van der Waals surface area contributed by atoms with Crippen molar-refractivity contribution in [2.24, 2.45) is 0 Å². The van der Waals surface area contributed by atoms with E-state index < -0.39 is 11.8 Å². The van der Waals surface area contributed by atoms with Gasteiger partial charge >= 0.3 is 0 Å². The molecular formula is C11H11N3O3. The second-order valence-corrected chi connectivity index (χ2v) is 3.72. The van der Waals surface area contributed by atoms with Crippen molar-refractivity contribution in [2.75, 3.05) is 13.1 Å².